The molecule has 2 heterocycles. The molecule has 1 aromatic heterocycles. The van der Waals surface area contributed by atoms with Crippen molar-refractivity contribution in [1.82, 2.24) is 14.8 Å². The first-order valence-electron chi connectivity index (χ1n) is 5.26. The highest BCUT2D eigenvalue weighted by Gasteiger charge is 2.15. The van der Waals surface area contributed by atoms with Gasteiger partial charge in [0.15, 0.2) is 0 Å². The van der Waals surface area contributed by atoms with Gasteiger partial charge in [0.2, 0.25) is 5.95 Å². The number of hydrogen-bond donors (Lipinski definition) is 0. The lowest BCUT2D eigenvalue weighted by Crippen LogP contribution is -2.44. The summed E-state index contributed by atoms with van der Waals surface area (Å²) >= 11 is 0. The zero-order chi connectivity index (χ0) is 10.7. The van der Waals surface area contributed by atoms with E-state index in [1.54, 1.807) is 12.1 Å². The van der Waals surface area contributed by atoms with Gasteiger partial charge in [0.25, 0.3) is 0 Å². The molecule has 3 nitrogen and oxygen atoms in total. The second-order valence-corrected chi connectivity index (χ2v) is 4.03. The van der Waals surface area contributed by atoms with Gasteiger partial charge in [0, 0.05) is 44.5 Å². The average Bonchev–Trinajstić information content (AvgIpc) is 2.25. The van der Waals surface area contributed by atoms with Crippen LogP contribution in [0.25, 0.3) is 0 Å². The fraction of sp³-hybridized carbons (Fsp3) is 0.545. The molecule has 1 aromatic rings. The number of halogens is 1. The summed E-state index contributed by atoms with van der Waals surface area (Å²) in [5, 5.41) is 0. The minimum Gasteiger partial charge on any atom is -0.304 e. The molecule has 0 bridgehead atoms. The number of piperazine rings is 1. The molecule has 0 N–H and O–H groups in total. The number of likely N-dealkylation sites (N-methyl/N-ethyl adjacent to an activating group) is 1. The molecule has 4 heteroatoms. The summed E-state index contributed by atoms with van der Waals surface area (Å²) in [6.45, 7) is 4.80. The topological polar surface area (TPSA) is 19.4 Å². The quantitative estimate of drug-likeness (QED) is 0.677. The van der Waals surface area contributed by atoms with E-state index in [0.717, 1.165) is 26.2 Å². The van der Waals surface area contributed by atoms with Crippen molar-refractivity contribution in [2.75, 3.05) is 33.2 Å². The summed E-state index contributed by atoms with van der Waals surface area (Å²) in [5.41, 5.74) is 0.696. The Bertz CT molecular complexity index is 321. The smallest absolute Gasteiger partial charge is 0.217 e. The molecule has 1 aliphatic rings. The average molecular weight is 209 g/mol. The second-order valence-electron chi connectivity index (χ2n) is 4.03. The molecule has 1 fully saturated rings. The van der Waals surface area contributed by atoms with Gasteiger partial charge in [-0.1, -0.05) is 6.07 Å². The summed E-state index contributed by atoms with van der Waals surface area (Å²) in [7, 11) is 2.11. The SMILES string of the molecule is CN1CCN(Cc2cccnc2F)CC1. The van der Waals surface area contributed by atoms with Crippen LogP contribution in [-0.2, 0) is 6.54 Å². The molecule has 2 rings (SSSR count). The van der Waals surface area contributed by atoms with Gasteiger partial charge in [-0.05, 0) is 13.1 Å². The van der Waals surface area contributed by atoms with Crippen molar-refractivity contribution in [3.05, 3.63) is 29.8 Å². The molecule has 0 aromatic carbocycles. The minimum absolute atomic E-state index is 0.337. The zero-order valence-corrected chi connectivity index (χ0v) is 8.99. The van der Waals surface area contributed by atoms with Crippen LogP contribution in [0.15, 0.2) is 18.3 Å². The fourth-order valence-corrected chi connectivity index (χ4v) is 1.78. The fourth-order valence-electron chi connectivity index (χ4n) is 1.78. The van der Waals surface area contributed by atoms with E-state index < -0.39 is 0 Å². The molecule has 0 spiro atoms. The number of nitrogens with zero attached hydrogens (tertiary/aromatic N) is 3. The van der Waals surface area contributed by atoms with E-state index in [2.05, 4.69) is 21.8 Å². The predicted octanol–water partition coefficient (Wildman–Crippen LogP) is 0.968. The van der Waals surface area contributed by atoms with Crippen LogP contribution in [0.1, 0.15) is 5.56 Å². The third-order valence-corrected chi connectivity index (χ3v) is 2.83. The molecule has 1 aliphatic heterocycles. The Morgan fingerprint density at radius 1 is 1.33 bits per heavy atom. The summed E-state index contributed by atoms with van der Waals surface area (Å²) in [6, 6.07) is 3.59. The van der Waals surface area contributed by atoms with Crippen LogP contribution < -0.4 is 0 Å². The van der Waals surface area contributed by atoms with E-state index in [4.69, 9.17) is 0 Å². The van der Waals surface area contributed by atoms with Crippen LogP contribution in [-0.4, -0.2) is 48.0 Å². The van der Waals surface area contributed by atoms with E-state index in [1.807, 2.05) is 0 Å². The highest BCUT2D eigenvalue weighted by molar-refractivity contribution is 5.10. The van der Waals surface area contributed by atoms with E-state index in [9.17, 15) is 4.39 Å². The van der Waals surface area contributed by atoms with Crippen molar-refractivity contribution in [3.63, 3.8) is 0 Å². The highest BCUT2D eigenvalue weighted by atomic mass is 19.1. The monoisotopic (exact) mass is 209 g/mol. The van der Waals surface area contributed by atoms with E-state index >= 15 is 0 Å². The molecular formula is C11H16FN3. The number of rotatable bonds is 2. The summed E-state index contributed by atoms with van der Waals surface area (Å²) in [4.78, 5) is 8.21. The Kier molecular flexibility index (Phi) is 3.28. The zero-order valence-electron chi connectivity index (χ0n) is 8.99. The largest absolute Gasteiger partial charge is 0.304 e. The first kappa shape index (κ1) is 10.5. The van der Waals surface area contributed by atoms with Crippen LogP contribution >= 0.6 is 0 Å². The van der Waals surface area contributed by atoms with Gasteiger partial charge in [-0.15, -0.1) is 0 Å². The molecule has 0 amide bonds. The maximum absolute atomic E-state index is 13.3. The van der Waals surface area contributed by atoms with Crippen molar-refractivity contribution < 1.29 is 4.39 Å². The summed E-state index contributed by atoms with van der Waals surface area (Å²) < 4.78 is 13.3. The van der Waals surface area contributed by atoms with Gasteiger partial charge in [-0.3, -0.25) is 4.90 Å². The molecule has 15 heavy (non-hydrogen) atoms. The van der Waals surface area contributed by atoms with Crippen molar-refractivity contribution in [3.8, 4) is 0 Å². The molecule has 0 saturated carbocycles. The lowest BCUT2D eigenvalue weighted by atomic mass is 10.2. The van der Waals surface area contributed by atoms with Gasteiger partial charge in [0.1, 0.15) is 0 Å². The number of aromatic nitrogens is 1. The summed E-state index contributed by atoms with van der Waals surface area (Å²) in [6.07, 6.45) is 1.49. The minimum atomic E-state index is -0.337. The maximum atomic E-state index is 13.3. The maximum Gasteiger partial charge on any atom is 0.217 e. The standard InChI is InChI=1S/C11H16FN3/c1-14-5-7-15(8-6-14)9-10-3-2-4-13-11(10)12/h2-4H,5-9H2,1H3. The number of hydrogen-bond acceptors (Lipinski definition) is 3. The van der Waals surface area contributed by atoms with Gasteiger partial charge < -0.3 is 4.90 Å². The van der Waals surface area contributed by atoms with Crippen molar-refractivity contribution in [2.45, 2.75) is 6.54 Å². The van der Waals surface area contributed by atoms with E-state index in [0.29, 0.717) is 12.1 Å². The van der Waals surface area contributed by atoms with Crippen LogP contribution in [0.3, 0.4) is 0 Å². The van der Waals surface area contributed by atoms with Crippen LogP contribution in [0, 0.1) is 5.95 Å². The molecule has 0 atom stereocenters. The molecule has 0 unspecified atom stereocenters. The first-order chi connectivity index (χ1) is 7.25. The molecule has 0 radical (unpaired) electrons. The third kappa shape index (κ3) is 2.73. The van der Waals surface area contributed by atoms with Crippen LogP contribution in [0.4, 0.5) is 4.39 Å². The van der Waals surface area contributed by atoms with Crippen LogP contribution in [0.5, 0.6) is 0 Å². The summed E-state index contributed by atoms with van der Waals surface area (Å²) in [5.74, 6) is -0.337. The third-order valence-electron chi connectivity index (χ3n) is 2.83. The lowest BCUT2D eigenvalue weighted by molar-refractivity contribution is 0.146. The van der Waals surface area contributed by atoms with Crippen molar-refractivity contribution >= 4 is 0 Å². The normalized spacial score (nSPS) is 19.3. The van der Waals surface area contributed by atoms with Gasteiger partial charge >= 0.3 is 0 Å². The Balaban J connectivity index is 1.95. The van der Waals surface area contributed by atoms with Crippen LogP contribution in [0.2, 0.25) is 0 Å². The Hall–Kier alpha value is -1.00. The van der Waals surface area contributed by atoms with E-state index in [1.165, 1.54) is 6.20 Å². The lowest BCUT2D eigenvalue weighted by Gasteiger charge is -2.32. The molecule has 0 aliphatic carbocycles. The van der Waals surface area contributed by atoms with Crippen molar-refractivity contribution in [2.24, 2.45) is 0 Å². The Morgan fingerprint density at radius 3 is 2.73 bits per heavy atom. The predicted molar refractivity (Wildman–Crippen MR) is 57.0 cm³/mol. The van der Waals surface area contributed by atoms with Gasteiger partial charge in [-0.2, -0.15) is 4.39 Å². The first-order valence-corrected chi connectivity index (χ1v) is 5.26. The molecule has 1 saturated heterocycles. The highest BCUT2D eigenvalue weighted by Crippen LogP contribution is 2.09. The second kappa shape index (κ2) is 4.68. The van der Waals surface area contributed by atoms with Gasteiger partial charge in [0.05, 0.1) is 0 Å². The molecule has 82 valence electrons. The Labute approximate surface area is 89.5 Å². The van der Waals surface area contributed by atoms with Gasteiger partial charge in [-0.25, -0.2) is 4.98 Å². The number of pyridine rings is 1. The molecular weight excluding hydrogens is 193 g/mol. The van der Waals surface area contributed by atoms with Crippen molar-refractivity contribution in [1.29, 1.82) is 0 Å². The van der Waals surface area contributed by atoms with E-state index in [-0.39, 0.29) is 5.95 Å². The Morgan fingerprint density at radius 2 is 2.07 bits per heavy atom.